The average Bonchev–Trinajstić information content (AvgIpc) is 2.70. The van der Waals surface area contributed by atoms with Gasteiger partial charge in [-0.15, -0.1) is 10.2 Å². The van der Waals surface area contributed by atoms with Crippen LogP contribution in [0.1, 0.15) is 24.7 Å². The van der Waals surface area contributed by atoms with E-state index >= 15 is 0 Å². The Bertz CT molecular complexity index is 448. The lowest BCUT2D eigenvalue weighted by Crippen LogP contribution is -2.03. The van der Waals surface area contributed by atoms with Crippen LogP contribution < -0.4 is 0 Å². The van der Waals surface area contributed by atoms with Crippen molar-refractivity contribution in [1.82, 2.24) is 14.8 Å². The highest BCUT2D eigenvalue weighted by Gasteiger charge is 2.04. The molecule has 0 saturated heterocycles. The van der Waals surface area contributed by atoms with Gasteiger partial charge in [-0.3, -0.25) is 0 Å². The molecule has 0 amide bonds. The molecule has 2 aromatic rings. The Kier molecular flexibility index (Phi) is 3.29. The molecule has 3 nitrogen and oxygen atoms in total. The Morgan fingerprint density at radius 1 is 1.25 bits per heavy atom. The maximum Gasteiger partial charge on any atom is 0.137 e. The fourth-order valence-electron chi connectivity index (χ4n) is 1.63. The van der Waals surface area contributed by atoms with Gasteiger partial charge >= 0.3 is 0 Å². The molecule has 0 bridgehead atoms. The molecule has 0 saturated carbocycles. The fraction of sp³-hybridized carbons (Fsp3) is 0.333. The van der Waals surface area contributed by atoms with Crippen molar-refractivity contribution in [2.24, 2.45) is 0 Å². The summed E-state index contributed by atoms with van der Waals surface area (Å²) in [4.78, 5) is 0. The summed E-state index contributed by atoms with van der Waals surface area (Å²) in [5, 5.41) is 7.97. The van der Waals surface area contributed by atoms with Gasteiger partial charge in [-0.05, 0) is 24.1 Å². The Morgan fingerprint density at radius 3 is 2.69 bits per heavy atom. The Labute approximate surface area is 93.9 Å². The molecule has 0 aliphatic carbocycles. The van der Waals surface area contributed by atoms with E-state index < -0.39 is 0 Å². The highest BCUT2D eigenvalue weighted by Crippen LogP contribution is 2.08. The molecule has 0 spiro atoms. The van der Waals surface area contributed by atoms with Crippen LogP contribution >= 0.6 is 0 Å². The molecular formula is C12H14FN3. The minimum absolute atomic E-state index is 0.209. The van der Waals surface area contributed by atoms with Gasteiger partial charge in [0, 0.05) is 13.0 Å². The van der Waals surface area contributed by atoms with Crippen LogP contribution in [0.3, 0.4) is 0 Å². The minimum atomic E-state index is -0.209. The normalized spacial score (nSPS) is 10.6. The molecule has 84 valence electrons. The van der Waals surface area contributed by atoms with Gasteiger partial charge in [-0.2, -0.15) is 0 Å². The lowest BCUT2D eigenvalue weighted by molar-refractivity contribution is 0.626. The Hall–Kier alpha value is -1.71. The lowest BCUT2D eigenvalue weighted by Gasteiger charge is -2.04. The van der Waals surface area contributed by atoms with E-state index in [9.17, 15) is 4.39 Å². The van der Waals surface area contributed by atoms with E-state index in [0.717, 1.165) is 24.4 Å². The zero-order chi connectivity index (χ0) is 11.4. The van der Waals surface area contributed by atoms with E-state index in [1.54, 1.807) is 18.5 Å². The Morgan fingerprint density at radius 2 is 2.00 bits per heavy atom. The van der Waals surface area contributed by atoms with Crippen molar-refractivity contribution in [3.8, 4) is 0 Å². The average molecular weight is 219 g/mol. The second-order valence-electron chi connectivity index (χ2n) is 3.74. The van der Waals surface area contributed by atoms with Crippen LogP contribution in [0, 0.1) is 5.82 Å². The van der Waals surface area contributed by atoms with Gasteiger partial charge in [0.15, 0.2) is 0 Å². The van der Waals surface area contributed by atoms with Gasteiger partial charge in [0.25, 0.3) is 0 Å². The van der Waals surface area contributed by atoms with Gasteiger partial charge in [0.2, 0.25) is 0 Å². The molecule has 0 unspecified atom stereocenters. The SMILES string of the molecule is CCCn1cnnc1Cc1ccc(F)cc1. The van der Waals surface area contributed by atoms with E-state index in [1.165, 1.54) is 12.1 Å². The quantitative estimate of drug-likeness (QED) is 0.790. The number of hydrogen-bond acceptors (Lipinski definition) is 2. The summed E-state index contributed by atoms with van der Waals surface area (Å²) in [5.41, 5.74) is 1.05. The van der Waals surface area contributed by atoms with Crippen LogP contribution in [0.2, 0.25) is 0 Å². The number of halogens is 1. The number of nitrogens with zero attached hydrogens (tertiary/aromatic N) is 3. The van der Waals surface area contributed by atoms with Crippen molar-refractivity contribution < 1.29 is 4.39 Å². The van der Waals surface area contributed by atoms with Crippen molar-refractivity contribution in [2.75, 3.05) is 0 Å². The first-order chi connectivity index (χ1) is 7.79. The topological polar surface area (TPSA) is 30.7 Å². The molecule has 0 fully saturated rings. The molecule has 2 rings (SSSR count). The maximum atomic E-state index is 12.7. The second-order valence-corrected chi connectivity index (χ2v) is 3.74. The molecule has 4 heteroatoms. The summed E-state index contributed by atoms with van der Waals surface area (Å²) in [6.45, 7) is 3.03. The van der Waals surface area contributed by atoms with E-state index in [-0.39, 0.29) is 5.82 Å². The largest absolute Gasteiger partial charge is 0.317 e. The number of aryl methyl sites for hydroxylation is 1. The molecule has 16 heavy (non-hydrogen) atoms. The van der Waals surface area contributed by atoms with Crippen molar-refractivity contribution in [3.63, 3.8) is 0 Å². The van der Waals surface area contributed by atoms with Gasteiger partial charge in [0.05, 0.1) is 0 Å². The third kappa shape index (κ3) is 2.45. The first-order valence-electron chi connectivity index (χ1n) is 5.40. The lowest BCUT2D eigenvalue weighted by atomic mass is 10.1. The summed E-state index contributed by atoms with van der Waals surface area (Å²) in [6.07, 6.45) is 3.48. The highest BCUT2D eigenvalue weighted by molar-refractivity contribution is 5.19. The third-order valence-corrected chi connectivity index (χ3v) is 2.44. The van der Waals surface area contributed by atoms with E-state index in [4.69, 9.17) is 0 Å². The molecule has 0 aliphatic rings. The van der Waals surface area contributed by atoms with Crippen LogP contribution in [-0.2, 0) is 13.0 Å². The first kappa shape index (κ1) is 10.8. The van der Waals surface area contributed by atoms with Crippen LogP contribution in [0.5, 0.6) is 0 Å². The zero-order valence-electron chi connectivity index (χ0n) is 9.23. The molecule has 0 radical (unpaired) electrons. The monoisotopic (exact) mass is 219 g/mol. The van der Waals surface area contributed by atoms with Crippen molar-refractivity contribution in [3.05, 3.63) is 47.8 Å². The first-order valence-corrected chi connectivity index (χ1v) is 5.40. The van der Waals surface area contributed by atoms with Gasteiger partial charge in [-0.25, -0.2) is 4.39 Å². The minimum Gasteiger partial charge on any atom is -0.317 e. The second kappa shape index (κ2) is 4.88. The Balaban J connectivity index is 2.13. The smallest absolute Gasteiger partial charge is 0.137 e. The molecule has 1 aromatic carbocycles. The molecule has 0 atom stereocenters. The van der Waals surface area contributed by atoms with E-state index in [2.05, 4.69) is 17.1 Å². The summed E-state index contributed by atoms with van der Waals surface area (Å²) >= 11 is 0. The fourth-order valence-corrected chi connectivity index (χ4v) is 1.63. The van der Waals surface area contributed by atoms with Crippen LogP contribution in [0.4, 0.5) is 4.39 Å². The van der Waals surface area contributed by atoms with Gasteiger partial charge in [0.1, 0.15) is 18.0 Å². The summed E-state index contributed by atoms with van der Waals surface area (Å²) < 4.78 is 14.8. The predicted octanol–water partition coefficient (Wildman–Crippen LogP) is 2.42. The van der Waals surface area contributed by atoms with Crippen LogP contribution in [-0.4, -0.2) is 14.8 Å². The van der Waals surface area contributed by atoms with Crippen molar-refractivity contribution >= 4 is 0 Å². The van der Waals surface area contributed by atoms with Crippen molar-refractivity contribution in [2.45, 2.75) is 26.3 Å². The van der Waals surface area contributed by atoms with Gasteiger partial charge in [-0.1, -0.05) is 19.1 Å². The highest BCUT2D eigenvalue weighted by atomic mass is 19.1. The van der Waals surface area contributed by atoms with Gasteiger partial charge < -0.3 is 4.57 Å². The van der Waals surface area contributed by atoms with Crippen LogP contribution in [0.25, 0.3) is 0 Å². The van der Waals surface area contributed by atoms with Crippen molar-refractivity contribution in [1.29, 1.82) is 0 Å². The zero-order valence-corrected chi connectivity index (χ0v) is 9.23. The summed E-state index contributed by atoms with van der Waals surface area (Å²) in [7, 11) is 0. The molecule has 0 aliphatic heterocycles. The number of hydrogen-bond donors (Lipinski definition) is 0. The summed E-state index contributed by atoms with van der Waals surface area (Å²) in [6, 6.07) is 6.49. The maximum absolute atomic E-state index is 12.7. The molecule has 0 N–H and O–H groups in total. The van der Waals surface area contributed by atoms with E-state index in [0.29, 0.717) is 6.42 Å². The molecule has 1 aromatic heterocycles. The molecular weight excluding hydrogens is 205 g/mol. The number of aromatic nitrogens is 3. The third-order valence-electron chi connectivity index (χ3n) is 2.44. The van der Waals surface area contributed by atoms with Crippen LogP contribution in [0.15, 0.2) is 30.6 Å². The van der Waals surface area contributed by atoms with E-state index in [1.807, 2.05) is 4.57 Å². The summed E-state index contributed by atoms with van der Waals surface area (Å²) in [5.74, 6) is 0.715. The predicted molar refractivity (Wildman–Crippen MR) is 59.5 cm³/mol. The molecule has 1 heterocycles. The standard InChI is InChI=1S/C12H14FN3/c1-2-7-16-9-14-15-12(16)8-10-3-5-11(13)6-4-10/h3-6,9H,2,7-8H2,1H3. The number of benzene rings is 1. The number of rotatable bonds is 4.